The van der Waals surface area contributed by atoms with Crippen LogP contribution in [-0.2, 0) is 6.18 Å². The summed E-state index contributed by atoms with van der Waals surface area (Å²) in [6, 6.07) is 9.14. The number of hydrogen-bond donors (Lipinski definition) is 1. The molecule has 116 valence electrons. The van der Waals surface area contributed by atoms with Crippen LogP contribution in [0.15, 0.2) is 36.5 Å². The largest absolute Gasteiger partial charge is 0.455 e. The first-order chi connectivity index (χ1) is 10.9. The van der Waals surface area contributed by atoms with Gasteiger partial charge in [0.05, 0.1) is 17.3 Å². The summed E-state index contributed by atoms with van der Waals surface area (Å²) in [4.78, 5) is 6.42. The Kier molecular flexibility index (Phi) is 3.45. The minimum Gasteiger partial charge on any atom is -0.455 e. The predicted molar refractivity (Wildman–Crippen MR) is 77.1 cm³/mol. The van der Waals surface area contributed by atoms with E-state index in [1.807, 2.05) is 13.0 Å². The van der Waals surface area contributed by atoms with Crippen molar-refractivity contribution in [1.29, 1.82) is 5.26 Å². The van der Waals surface area contributed by atoms with Crippen LogP contribution in [0.25, 0.3) is 10.9 Å². The Balaban J connectivity index is 1.98. The van der Waals surface area contributed by atoms with Crippen LogP contribution in [0, 0.1) is 18.3 Å². The number of ether oxygens (including phenoxy) is 1. The normalized spacial score (nSPS) is 11.4. The highest BCUT2D eigenvalue weighted by atomic mass is 19.4. The highest BCUT2D eigenvalue weighted by molar-refractivity contribution is 5.91. The molecule has 0 aliphatic carbocycles. The number of aromatic nitrogens is 2. The van der Waals surface area contributed by atoms with Crippen molar-refractivity contribution in [3.8, 4) is 17.6 Å². The Morgan fingerprint density at radius 1 is 1.22 bits per heavy atom. The zero-order valence-corrected chi connectivity index (χ0v) is 11.9. The molecule has 0 spiro atoms. The summed E-state index contributed by atoms with van der Waals surface area (Å²) in [5.74, 6) is 0.618. The minimum atomic E-state index is -4.49. The molecule has 0 amide bonds. The zero-order chi connectivity index (χ0) is 16.6. The number of aryl methyl sites for hydroxylation is 1. The second-order valence-electron chi connectivity index (χ2n) is 4.94. The quantitative estimate of drug-likeness (QED) is 0.754. The zero-order valence-electron chi connectivity index (χ0n) is 11.9. The molecule has 0 saturated heterocycles. The van der Waals surface area contributed by atoms with Crippen LogP contribution >= 0.6 is 0 Å². The molecule has 0 bridgehead atoms. The average molecular weight is 317 g/mol. The topological polar surface area (TPSA) is 61.7 Å². The number of nitrogens with zero attached hydrogens (tertiary/aromatic N) is 2. The van der Waals surface area contributed by atoms with Crippen molar-refractivity contribution in [3.63, 3.8) is 0 Å². The number of benzene rings is 1. The van der Waals surface area contributed by atoms with Gasteiger partial charge in [-0.1, -0.05) is 0 Å². The number of nitrogens with one attached hydrogen (secondary N) is 1. The monoisotopic (exact) mass is 317 g/mol. The molecule has 0 atom stereocenters. The fraction of sp³-hybridized carbons (Fsp3) is 0.125. The van der Waals surface area contributed by atoms with Crippen LogP contribution in [0.4, 0.5) is 13.2 Å². The van der Waals surface area contributed by atoms with Crippen LogP contribution in [0.1, 0.15) is 17.0 Å². The number of rotatable bonds is 2. The highest BCUT2D eigenvalue weighted by Crippen LogP contribution is 2.33. The third kappa shape index (κ3) is 2.83. The van der Waals surface area contributed by atoms with Gasteiger partial charge in [-0.2, -0.15) is 18.4 Å². The Morgan fingerprint density at radius 3 is 2.61 bits per heavy atom. The molecule has 4 nitrogen and oxygen atoms in total. The fourth-order valence-corrected chi connectivity index (χ4v) is 2.25. The van der Waals surface area contributed by atoms with Crippen LogP contribution in [0.2, 0.25) is 0 Å². The van der Waals surface area contributed by atoms with Crippen LogP contribution in [0.5, 0.6) is 11.5 Å². The molecule has 3 aromatic rings. The lowest BCUT2D eigenvalue weighted by Gasteiger charge is -2.09. The van der Waals surface area contributed by atoms with E-state index in [0.29, 0.717) is 22.2 Å². The van der Waals surface area contributed by atoms with Gasteiger partial charge in [0.1, 0.15) is 23.3 Å². The number of alkyl halides is 3. The third-order valence-electron chi connectivity index (χ3n) is 3.26. The van der Waals surface area contributed by atoms with Gasteiger partial charge in [-0.25, -0.2) is 4.98 Å². The number of halogens is 3. The minimum absolute atomic E-state index is 0.183. The van der Waals surface area contributed by atoms with E-state index in [2.05, 4.69) is 16.0 Å². The van der Waals surface area contributed by atoms with Crippen molar-refractivity contribution in [2.24, 2.45) is 0 Å². The molecule has 1 N–H and O–H groups in total. The maximum Gasteiger partial charge on any atom is 0.433 e. The van der Waals surface area contributed by atoms with Gasteiger partial charge in [0.2, 0.25) is 0 Å². The Morgan fingerprint density at radius 2 is 2.00 bits per heavy atom. The van der Waals surface area contributed by atoms with Gasteiger partial charge in [0.15, 0.2) is 0 Å². The molecule has 0 fully saturated rings. The van der Waals surface area contributed by atoms with Crippen molar-refractivity contribution in [2.45, 2.75) is 13.1 Å². The van der Waals surface area contributed by atoms with Gasteiger partial charge in [0, 0.05) is 11.1 Å². The van der Waals surface area contributed by atoms with Crippen molar-refractivity contribution in [3.05, 3.63) is 53.5 Å². The highest BCUT2D eigenvalue weighted by Gasteiger charge is 2.32. The van der Waals surface area contributed by atoms with E-state index in [-0.39, 0.29) is 5.75 Å². The lowest BCUT2D eigenvalue weighted by molar-refractivity contribution is -0.141. The van der Waals surface area contributed by atoms with Gasteiger partial charge < -0.3 is 9.72 Å². The first-order valence-corrected chi connectivity index (χ1v) is 6.62. The molecular weight excluding hydrogens is 307 g/mol. The number of pyridine rings is 1. The third-order valence-corrected chi connectivity index (χ3v) is 3.26. The molecule has 0 unspecified atom stereocenters. The molecule has 0 aliphatic rings. The average Bonchev–Trinajstić information content (AvgIpc) is 2.89. The van der Waals surface area contributed by atoms with Crippen LogP contribution < -0.4 is 4.74 Å². The number of nitriles is 1. The summed E-state index contributed by atoms with van der Waals surface area (Å²) in [5.41, 5.74) is 0.957. The Bertz CT molecular complexity index is 905. The van der Waals surface area contributed by atoms with Crippen LogP contribution in [0.3, 0.4) is 0 Å². The number of aromatic amines is 1. The van der Waals surface area contributed by atoms with E-state index < -0.39 is 11.9 Å². The maximum atomic E-state index is 12.5. The fourth-order valence-electron chi connectivity index (χ4n) is 2.25. The molecule has 0 radical (unpaired) electrons. The van der Waals surface area contributed by atoms with Crippen molar-refractivity contribution >= 4 is 10.9 Å². The number of H-pyrrole nitrogens is 1. The van der Waals surface area contributed by atoms with Gasteiger partial charge >= 0.3 is 6.18 Å². The number of fused-ring (bicyclic) bond motifs is 1. The SMILES string of the molecule is Cc1cc2c(Oc3ccc(C(F)(F)F)nc3)ccc(C#N)c2[nH]1. The second-order valence-corrected chi connectivity index (χ2v) is 4.94. The smallest absolute Gasteiger partial charge is 0.433 e. The summed E-state index contributed by atoms with van der Waals surface area (Å²) in [7, 11) is 0. The Labute approximate surface area is 129 Å². The van der Waals surface area contributed by atoms with Crippen molar-refractivity contribution in [1.82, 2.24) is 9.97 Å². The van der Waals surface area contributed by atoms with Gasteiger partial charge in [-0.05, 0) is 37.3 Å². The molecule has 2 heterocycles. The molecule has 0 aliphatic heterocycles. The summed E-state index contributed by atoms with van der Waals surface area (Å²) >= 11 is 0. The van der Waals surface area contributed by atoms with Crippen molar-refractivity contribution < 1.29 is 17.9 Å². The van der Waals surface area contributed by atoms with E-state index in [9.17, 15) is 13.2 Å². The maximum absolute atomic E-state index is 12.5. The summed E-state index contributed by atoms with van der Waals surface area (Å²) < 4.78 is 43.1. The predicted octanol–water partition coefficient (Wildman–Crippen LogP) is 4.55. The first-order valence-electron chi connectivity index (χ1n) is 6.62. The molecule has 0 saturated carbocycles. The lowest BCUT2D eigenvalue weighted by Crippen LogP contribution is -2.07. The molecular formula is C16H10F3N3O. The number of hydrogen-bond acceptors (Lipinski definition) is 3. The van der Waals surface area contributed by atoms with Gasteiger partial charge in [-0.3, -0.25) is 0 Å². The van der Waals surface area contributed by atoms with E-state index >= 15 is 0 Å². The van der Waals surface area contributed by atoms with Crippen molar-refractivity contribution in [2.75, 3.05) is 0 Å². The van der Waals surface area contributed by atoms with E-state index in [4.69, 9.17) is 10.00 Å². The summed E-state index contributed by atoms with van der Waals surface area (Å²) in [5, 5.41) is 9.79. The lowest BCUT2D eigenvalue weighted by atomic mass is 10.1. The van der Waals surface area contributed by atoms with Gasteiger partial charge in [0.25, 0.3) is 0 Å². The molecule has 1 aromatic carbocycles. The second kappa shape index (κ2) is 5.32. The molecule has 7 heteroatoms. The summed E-state index contributed by atoms with van der Waals surface area (Å²) in [6.07, 6.45) is -3.47. The van der Waals surface area contributed by atoms with E-state index in [1.54, 1.807) is 12.1 Å². The van der Waals surface area contributed by atoms with E-state index in [0.717, 1.165) is 18.0 Å². The van der Waals surface area contributed by atoms with E-state index in [1.165, 1.54) is 6.07 Å². The molecule has 23 heavy (non-hydrogen) atoms. The standard InChI is InChI=1S/C16H10F3N3O/c1-9-6-12-13(4-2-10(7-20)15(12)22-9)23-11-3-5-14(21-8-11)16(17,18)19/h2-6,8,22H,1H3. The Hall–Kier alpha value is -3.01. The van der Waals surface area contributed by atoms with Gasteiger partial charge in [-0.15, -0.1) is 0 Å². The molecule has 2 aromatic heterocycles. The first kappa shape index (κ1) is 14.9. The summed E-state index contributed by atoms with van der Waals surface area (Å²) in [6.45, 7) is 1.84. The van der Waals surface area contributed by atoms with Crippen LogP contribution in [-0.4, -0.2) is 9.97 Å². The molecule has 3 rings (SSSR count).